The highest BCUT2D eigenvalue weighted by atomic mass is 35.5. The SMILES string of the molecule is COc1ccccc1C(=O)N/N=C1\CCCc2oc(C(=O)NNC(=O)c3ccc(Cl)cc3)c(C)c21. The molecule has 9 nitrogen and oxygen atoms in total. The Balaban J connectivity index is 1.48. The highest BCUT2D eigenvalue weighted by Crippen LogP contribution is 2.30. The molecule has 0 aliphatic heterocycles. The molecule has 1 aliphatic carbocycles. The number of benzene rings is 2. The van der Waals surface area contributed by atoms with E-state index in [4.69, 9.17) is 20.8 Å². The van der Waals surface area contributed by atoms with E-state index in [0.29, 0.717) is 57.3 Å². The van der Waals surface area contributed by atoms with Crippen LogP contribution in [0, 0.1) is 6.92 Å². The van der Waals surface area contributed by atoms with Gasteiger partial charge in [0.25, 0.3) is 11.8 Å². The molecule has 1 aromatic heterocycles. The number of fused-ring (bicyclic) bond motifs is 1. The van der Waals surface area contributed by atoms with E-state index < -0.39 is 17.7 Å². The lowest BCUT2D eigenvalue weighted by Gasteiger charge is -2.14. The average molecular weight is 495 g/mol. The summed E-state index contributed by atoms with van der Waals surface area (Å²) in [6, 6.07) is 13.1. The topological polar surface area (TPSA) is 122 Å². The van der Waals surface area contributed by atoms with Gasteiger partial charge in [-0.3, -0.25) is 25.2 Å². The number of para-hydroxylation sites is 1. The number of hydrogen-bond acceptors (Lipinski definition) is 6. The number of ether oxygens (including phenoxy) is 1. The molecule has 10 heteroatoms. The largest absolute Gasteiger partial charge is 0.496 e. The van der Waals surface area contributed by atoms with Crippen molar-refractivity contribution < 1.29 is 23.5 Å². The molecule has 0 saturated heterocycles. The molecule has 0 unspecified atom stereocenters. The number of hydrogen-bond donors (Lipinski definition) is 3. The van der Waals surface area contributed by atoms with E-state index in [-0.39, 0.29) is 5.76 Å². The molecular weight excluding hydrogens is 472 g/mol. The second-order valence-corrected chi connectivity index (χ2v) is 8.26. The first-order chi connectivity index (χ1) is 16.9. The minimum Gasteiger partial charge on any atom is -0.496 e. The normalized spacial score (nSPS) is 13.6. The van der Waals surface area contributed by atoms with Crippen LogP contribution in [0.15, 0.2) is 58.0 Å². The average Bonchev–Trinajstić information content (AvgIpc) is 3.23. The molecule has 180 valence electrons. The number of rotatable bonds is 5. The van der Waals surface area contributed by atoms with Crippen molar-refractivity contribution in [3.05, 3.63) is 87.3 Å². The number of carbonyl (C=O) groups is 3. The van der Waals surface area contributed by atoms with Crippen LogP contribution in [0.5, 0.6) is 5.75 Å². The summed E-state index contributed by atoms with van der Waals surface area (Å²) in [6.07, 6.45) is 1.98. The Kier molecular flexibility index (Phi) is 7.17. The predicted octanol–water partition coefficient (Wildman–Crippen LogP) is 3.80. The zero-order valence-electron chi connectivity index (χ0n) is 19.1. The van der Waals surface area contributed by atoms with Gasteiger partial charge >= 0.3 is 5.91 Å². The Labute approximate surface area is 206 Å². The maximum atomic E-state index is 12.7. The Morgan fingerprint density at radius 3 is 2.43 bits per heavy atom. The monoisotopic (exact) mass is 494 g/mol. The van der Waals surface area contributed by atoms with Crippen molar-refractivity contribution in [2.45, 2.75) is 26.2 Å². The molecule has 1 aliphatic rings. The number of nitrogens with one attached hydrogen (secondary N) is 3. The predicted molar refractivity (Wildman–Crippen MR) is 130 cm³/mol. The molecular formula is C25H23ClN4O5. The van der Waals surface area contributed by atoms with Crippen molar-refractivity contribution in [3.8, 4) is 5.75 Å². The highest BCUT2D eigenvalue weighted by Gasteiger charge is 2.28. The molecule has 0 fully saturated rings. The Morgan fingerprint density at radius 2 is 1.69 bits per heavy atom. The van der Waals surface area contributed by atoms with Gasteiger partial charge in [-0.2, -0.15) is 5.10 Å². The molecule has 3 N–H and O–H groups in total. The smallest absolute Gasteiger partial charge is 0.305 e. The zero-order chi connectivity index (χ0) is 24.9. The summed E-state index contributed by atoms with van der Waals surface area (Å²) >= 11 is 5.84. The zero-order valence-corrected chi connectivity index (χ0v) is 19.9. The van der Waals surface area contributed by atoms with Crippen LogP contribution in [0.25, 0.3) is 0 Å². The molecule has 0 atom stereocenters. The lowest BCUT2D eigenvalue weighted by Crippen LogP contribution is -2.41. The first kappa shape index (κ1) is 24.0. The van der Waals surface area contributed by atoms with Gasteiger partial charge in [-0.1, -0.05) is 23.7 Å². The van der Waals surface area contributed by atoms with E-state index in [1.807, 2.05) is 0 Å². The van der Waals surface area contributed by atoms with E-state index in [9.17, 15) is 14.4 Å². The third-order valence-corrected chi connectivity index (χ3v) is 5.82. The fourth-order valence-corrected chi connectivity index (χ4v) is 3.98. The molecule has 0 radical (unpaired) electrons. The van der Waals surface area contributed by atoms with Crippen LogP contribution >= 0.6 is 11.6 Å². The first-order valence-electron chi connectivity index (χ1n) is 10.9. The summed E-state index contributed by atoms with van der Waals surface area (Å²) in [6.45, 7) is 1.74. The van der Waals surface area contributed by atoms with Crippen LogP contribution in [0.3, 0.4) is 0 Å². The van der Waals surface area contributed by atoms with Crippen molar-refractivity contribution >= 4 is 35.0 Å². The number of nitrogens with zero attached hydrogens (tertiary/aromatic N) is 1. The van der Waals surface area contributed by atoms with Crippen LogP contribution in [0.1, 0.15) is 61.0 Å². The van der Waals surface area contributed by atoms with Gasteiger partial charge in [0.2, 0.25) is 0 Å². The number of halogens is 1. The van der Waals surface area contributed by atoms with Crippen LogP contribution < -0.4 is 21.0 Å². The van der Waals surface area contributed by atoms with Crippen LogP contribution in [0.4, 0.5) is 0 Å². The van der Waals surface area contributed by atoms with Crippen molar-refractivity contribution in [1.29, 1.82) is 0 Å². The quantitative estimate of drug-likeness (QED) is 0.466. The van der Waals surface area contributed by atoms with Crippen molar-refractivity contribution in [1.82, 2.24) is 16.3 Å². The summed E-state index contributed by atoms with van der Waals surface area (Å²) in [7, 11) is 1.49. The van der Waals surface area contributed by atoms with Gasteiger partial charge in [0.05, 0.1) is 18.4 Å². The van der Waals surface area contributed by atoms with Crippen LogP contribution in [-0.4, -0.2) is 30.5 Å². The lowest BCUT2D eigenvalue weighted by molar-refractivity contribution is 0.0829. The molecule has 0 bridgehead atoms. The number of methoxy groups -OCH3 is 1. The minimum atomic E-state index is -0.600. The molecule has 35 heavy (non-hydrogen) atoms. The van der Waals surface area contributed by atoms with Gasteiger partial charge in [0.1, 0.15) is 11.5 Å². The standard InChI is InChI=1S/C25H23ClN4O5/c1-14-21-18(27-29-24(32)17-6-3-4-8-19(17)34-2)7-5-9-20(21)35-22(14)25(33)30-28-23(31)15-10-12-16(26)13-11-15/h3-4,6,8,10-13H,5,7,9H2,1-2H3,(H,28,31)(H,29,32)(H,30,33)/b27-18+. The molecule has 0 saturated carbocycles. The molecule has 0 spiro atoms. The van der Waals surface area contributed by atoms with Gasteiger partial charge in [-0.15, -0.1) is 0 Å². The van der Waals surface area contributed by atoms with Crippen LogP contribution in [0.2, 0.25) is 5.02 Å². The minimum absolute atomic E-state index is 0.0667. The number of carbonyl (C=O) groups excluding carboxylic acids is 3. The third-order valence-electron chi connectivity index (χ3n) is 5.57. The number of amides is 3. The van der Waals surface area contributed by atoms with Gasteiger partial charge in [-0.05, 0) is 56.2 Å². The molecule has 3 amide bonds. The summed E-state index contributed by atoms with van der Waals surface area (Å²) in [5.41, 5.74) is 9.87. The van der Waals surface area contributed by atoms with Crippen molar-refractivity contribution in [2.75, 3.05) is 7.11 Å². The summed E-state index contributed by atoms with van der Waals surface area (Å²) in [5, 5.41) is 4.82. The Morgan fingerprint density at radius 1 is 0.971 bits per heavy atom. The summed E-state index contributed by atoms with van der Waals surface area (Å²) in [5.74, 6) is -0.396. The highest BCUT2D eigenvalue weighted by molar-refractivity contribution is 6.30. The molecule has 3 aromatic rings. The number of hydrazone groups is 1. The van der Waals surface area contributed by atoms with Gasteiger partial charge in [-0.25, -0.2) is 5.43 Å². The van der Waals surface area contributed by atoms with E-state index >= 15 is 0 Å². The van der Waals surface area contributed by atoms with Gasteiger partial charge < -0.3 is 9.15 Å². The van der Waals surface area contributed by atoms with Crippen LogP contribution in [-0.2, 0) is 6.42 Å². The molecule has 4 rings (SSSR count). The Bertz CT molecular complexity index is 1310. The maximum Gasteiger partial charge on any atom is 0.305 e. The van der Waals surface area contributed by atoms with E-state index in [2.05, 4.69) is 21.4 Å². The molecule has 2 aromatic carbocycles. The number of furan rings is 1. The first-order valence-corrected chi connectivity index (χ1v) is 11.3. The fraction of sp³-hybridized carbons (Fsp3) is 0.200. The number of hydrazine groups is 1. The van der Waals surface area contributed by atoms with E-state index in [0.717, 1.165) is 6.42 Å². The second kappa shape index (κ2) is 10.4. The fourth-order valence-electron chi connectivity index (χ4n) is 3.85. The summed E-state index contributed by atoms with van der Waals surface area (Å²) < 4.78 is 11.0. The second-order valence-electron chi connectivity index (χ2n) is 7.82. The Hall–Kier alpha value is -4.11. The maximum absolute atomic E-state index is 12.7. The third kappa shape index (κ3) is 5.20. The van der Waals surface area contributed by atoms with Crippen molar-refractivity contribution in [2.24, 2.45) is 5.10 Å². The van der Waals surface area contributed by atoms with Gasteiger partial charge in [0, 0.05) is 28.1 Å². The van der Waals surface area contributed by atoms with E-state index in [1.54, 1.807) is 55.5 Å². The van der Waals surface area contributed by atoms with E-state index in [1.165, 1.54) is 7.11 Å². The molecule has 1 heterocycles. The van der Waals surface area contributed by atoms with Gasteiger partial charge in [0.15, 0.2) is 5.76 Å². The summed E-state index contributed by atoms with van der Waals surface area (Å²) in [4.78, 5) is 37.6. The number of aryl methyl sites for hydroxylation is 1. The van der Waals surface area contributed by atoms with Crippen molar-refractivity contribution in [3.63, 3.8) is 0 Å². The lowest BCUT2D eigenvalue weighted by atomic mass is 9.93.